The summed E-state index contributed by atoms with van der Waals surface area (Å²) < 4.78 is 10.2. The molecule has 1 atom stereocenters. The minimum atomic E-state index is -0.924. The van der Waals surface area contributed by atoms with Crippen LogP contribution in [0, 0.1) is 0 Å². The molecule has 0 heterocycles. The van der Waals surface area contributed by atoms with Gasteiger partial charge in [0.1, 0.15) is 18.4 Å². The predicted molar refractivity (Wildman–Crippen MR) is 63.2 cm³/mol. The van der Waals surface area contributed by atoms with Gasteiger partial charge in [-0.3, -0.25) is 10.1 Å². The molecule has 1 rings (SSSR count). The van der Waals surface area contributed by atoms with Gasteiger partial charge >= 0.3 is 5.97 Å². The van der Waals surface area contributed by atoms with E-state index in [-0.39, 0.29) is 6.61 Å². The summed E-state index contributed by atoms with van der Waals surface area (Å²) in [5.74, 6) is -0.153. The first-order chi connectivity index (χ1) is 8.24. The Morgan fingerprint density at radius 2 is 2.12 bits per heavy atom. The van der Waals surface area contributed by atoms with Crippen molar-refractivity contribution >= 4 is 5.97 Å². The SMILES string of the molecule is COCC(NCCOc1ccccc1)C(=O)O. The molecule has 0 aromatic heterocycles. The summed E-state index contributed by atoms with van der Waals surface area (Å²) in [6.45, 7) is 1.01. The number of aliphatic carboxylic acids is 1. The summed E-state index contributed by atoms with van der Waals surface area (Å²) in [4.78, 5) is 10.8. The molecule has 0 radical (unpaired) electrons. The van der Waals surface area contributed by atoms with Crippen molar-refractivity contribution in [2.45, 2.75) is 6.04 Å². The molecule has 0 saturated carbocycles. The van der Waals surface area contributed by atoms with Gasteiger partial charge in [0.25, 0.3) is 0 Å². The first-order valence-electron chi connectivity index (χ1n) is 5.37. The van der Waals surface area contributed by atoms with E-state index < -0.39 is 12.0 Å². The van der Waals surface area contributed by atoms with Crippen LogP contribution in [-0.2, 0) is 9.53 Å². The Labute approximate surface area is 100 Å². The average Bonchev–Trinajstić information content (AvgIpc) is 2.34. The molecule has 0 saturated heterocycles. The zero-order valence-corrected chi connectivity index (χ0v) is 9.76. The lowest BCUT2D eigenvalue weighted by molar-refractivity contribution is -0.140. The number of para-hydroxylation sites is 1. The number of carboxylic acids is 1. The number of rotatable bonds is 8. The van der Waals surface area contributed by atoms with Crippen LogP contribution >= 0.6 is 0 Å². The number of hydrogen-bond acceptors (Lipinski definition) is 4. The largest absolute Gasteiger partial charge is 0.492 e. The van der Waals surface area contributed by atoms with Crippen LogP contribution in [0.4, 0.5) is 0 Å². The third-order valence-electron chi connectivity index (χ3n) is 2.14. The third-order valence-corrected chi connectivity index (χ3v) is 2.14. The van der Waals surface area contributed by atoms with Crippen LogP contribution in [0.3, 0.4) is 0 Å². The maximum Gasteiger partial charge on any atom is 0.323 e. The summed E-state index contributed by atoms with van der Waals surface area (Å²) >= 11 is 0. The molecule has 0 bridgehead atoms. The van der Waals surface area contributed by atoms with Crippen molar-refractivity contribution < 1.29 is 19.4 Å². The molecule has 0 aliphatic carbocycles. The zero-order chi connectivity index (χ0) is 12.5. The van der Waals surface area contributed by atoms with Crippen LogP contribution in [0.2, 0.25) is 0 Å². The zero-order valence-electron chi connectivity index (χ0n) is 9.76. The van der Waals surface area contributed by atoms with E-state index in [1.807, 2.05) is 30.3 Å². The fourth-order valence-electron chi connectivity index (χ4n) is 1.30. The molecule has 17 heavy (non-hydrogen) atoms. The number of ether oxygens (including phenoxy) is 2. The normalized spacial score (nSPS) is 12.1. The van der Waals surface area contributed by atoms with E-state index in [0.29, 0.717) is 13.2 Å². The van der Waals surface area contributed by atoms with Gasteiger partial charge in [-0.25, -0.2) is 0 Å². The van der Waals surface area contributed by atoms with Gasteiger partial charge in [0.15, 0.2) is 0 Å². The van der Waals surface area contributed by atoms with Crippen molar-refractivity contribution in [3.63, 3.8) is 0 Å². The number of carboxylic acid groups (broad SMARTS) is 1. The second-order valence-electron chi connectivity index (χ2n) is 3.46. The highest BCUT2D eigenvalue weighted by molar-refractivity contribution is 5.73. The fourth-order valence-corrected chi connectivity index (χ4v) is 1.30. The van der Waals surface area contributed by atoms with Gasteiger partial charge in [-0.15, -0.1) is 0 Å². The minimum Gasteiger partial charge on any atom is -0.492 e. The minimum absolute atomic E-state index is 0.140. The maximum atomic E-state index is 10.8. The molecule has 0 aliphatic rings. The van der Waals surface area contributed by atoms with Gasteiger partial charge in [-0.05, 0) is 12.1 Å². The van der Waals surface area contributed by atoms with Crippen molar-refractivity contribution in [1.82, 2.24) is 5.32 Å². The smallest absolute Gasteiger partial charge is 0.323 e. The Balaban J connectivity index is 2.20. The first-order valence-corrected chi connectivity index (χ1v) is 5.37. The van der Waals surface area contributed by atoms with E-state index in [9.17, 15) is 4.79 Å². The van der Waals surface area contributed by atoms with Crippen molar-refractivity contribution in [3.05, 3.63) is 30.3 Å². The Morgan fingerprint density at radius 3 is 2.71 bits per heavy atom. The van der Waals surface area contributed by atoms with Gasteiger partial charge in [0.05, 0.1) is 6.61 Å². The Kier molecular flexibility index (Phi) is 6.06. The van der Waals surface area contributed by atoms with Crippen LogP contribution in [0.1, 0.15) is 0 Å². The van der Waals surface area contributed by atoms with E-state index in [2.05, 4.69) is 5.32 Å². The topological polar surface area (TPSA) is 67.8 Å². The average molecular weight is 239 g/mol. The molecule has 1 unspecified atom stereocenters. The standard InChI is InChI=1S/C12H17NO4/c1-16-9-11(12(14)15)13-7-8-17-10-5-3-2-4-6-10/h2-6,11,13H,7-9H2,1H3,(H,14,15). The summed E-state index contributed by atoms with van der Waals surface area (Å²) in [6, 6.07) is 8.68. The van der Waals surface area contributed by atoms with Gasteiger partial charge in [-0.2, -0.15) is 0 Å². The number of nitrogens with one attached hydrogen (secondary N) is 1. The van der Waals surface area contributed by atoms with Crippen LogP contribution in [0.5, 0.6) is 5.75 Å². The predicted octanol–water partition coefficient (Wildman–Crippen LogP) is 0.755. The molecular weight excluding hydrogens is 222 g/mol. The number of benzene rings is 1. The van der Waals surface area contributed by atoms with E-state index in [1.165, 1.54) is 7.11 Å². The molecule has 94 valence electrons. The van der Waals surface area contributed by atoms with Crippen molar-refractivity contribution in [2.75, 3.05) is 26.9 Å². The molecule has 0 aliphatic heterocycles. The van der Waals surface area contributed by atoms with Crippen molar-refractivity contribution in [3.8, 4) is 5.75 Å². The summed E-state index contributed by atoms with van der Waals surface area (Å²) in [7, 11) is 1.47. The lowest BCUT2D eigenvalue weighted by Gasteiger charge is -2.13. The van der Waals surface area contributed by atoms with E-state index >= 15 is 0 Å². The van der Waals surface area contributed by atoms with E-state index in [1.54, 1.807) is 0 Å². The first kappa shape index (κ1) is 13.5. The fraction of sp³-hybridized carbons (Fsp3) is 0.417. The summed E-state index contributed by atoms with van der Waals surface area (Å²) in [6.07, 6.45) is 0. The van der Waals surface area contributed by atoms with Gasteiger partial charge in [0.2, 0.25) is 0 Å². The van der Waals surface area contributed by atoms with Crippen LogP contribution in [0.15, 0.2) is 30.3 Å². The Hall–Kier alpha value is -1.59. The molecular formula is C12H17NO4. The Morgan fingerprint density at radius 1 is 1.41 bits per heavy atom. The van der Waals surface area contributed by atoms with E-state index in [0.717, 1.165) is 5.75 Å². The molecule has 1 aromatic carbocycles. The quantitative estimate of drug-likeness (QED) is 0.655. The second kappa shape index (κ2) is 7.65. The summed E-state index contributed by atoms with van der Waals surface area (Å²) in [5, 5.41) is 11.7. The second-order valence-corrected chi connectivity index (χ2v) is 3.46. The summed E-state index contributed by atoms with van der Waals surface area (Å²) in [5.41, 5.74) is 0. The number of methoxy groups -OCH3 is 1. The lowest BCUT2D eigenvalue weighted by Crippen LogP contribution is -2.42. The van der Waals surface area contributed by atoms with Crippen LogP contribution < -0.4 is 10.1 Å². The van der Waals surface area contributed by atoms with E-state index in [4.69, 9.17) is 14.6 Å². The van der Waals surface area contributed by atoms with Gasteiger partial charge in [-0.1, -0.05) is 18.2 Å². The highest BCUT2D eigenvalue weighted by Crippen LogP contribution is 2.07. The molecule has 2 N–H and O–H groups in total. The molecule has 5 heteroatoms. The monoisotopic (exact) mass is 239 g/mol. The molecule has 5 nitrogen and oxygen atoms in total. The molecule has 1 aromatic rings. The number of carbonyl (C=O) groups is 1. The van der Waals surface area contributed by atoms with Crippen LogP contribution in [0.25, 0.3) is 0 Å². The molecule has 0 amide bonds. The number of hydrogen-bond donors (Lipinski definition) is 2. The van der Waals surface area contributed by atoms with Crippen LogP contribution in [-0.4, -0.2) is 44.0 Å². The lowest BCUT2D eigenvalue weighted by atomic mass is 10.3. The maximum absolute atomic E-state index is 10.8. The third kappa shape index (κ3) is 5.33. The van der Waals surface area contributed by atoms with Gasteiger partial charge in [0, 0.05) is 13.7 Å². The molecule has 0 fully saturated rings. The molecule has 0 spiro atoms. The van der Waals surface area contributed by atoms with Crippen molar-refractivity contribution in [1.29, 1.82) is 0 Å². The van der Waals surface area contributed by atoms with Crippen molar-refractivity contribution in [2.24, 2.45) is 0 Å². The highest BCUT2D eigenvalue weighted by Gasteiger charge is 2.15. The highest BCUT2D eigenvalue weighted by atomic mass is 16.5. The van der Waals surface area contributed by atoms with Gasteiger partial charge < -0.3 is 14.6 Å². The Bertz CT molecular complexity index is 329.